The maximum atomic E-state index is 12.6. The number of rotatable bonds is 5. The first-order chi connectivity index (χ1) is 13.5. The molecule has 0 aliphatic carbocycles. The van der Waals surface area contributed by atoms with Gasteiger partial charge >= 0.3 is 5.76 Å². The molecular weight excluding hydrogens is 362 g/mol. The number of imidazole rings is 1. The third-order valence-electron chi connectivity index (χ3n) is 4.35. The summed E-state index contributed by atoms with van der Waals surface area (Å²) in [5.74, 6) is -0.471. The molecule has 0 saturated heterocycles. The van der Waals surface area contributed by atoms with Crippen molar-refractivity contribution < 1.29 is 4.42 Å². The van der Waals surface area contributed by atoms with E-state index in [1.807, 2.05) is 12.1 Å². The number of nitriles is 1. The second-order valence-corrected chi connectivity index (χ2v) is 6.25. The maximum absolute atomic E-state index is 12.6. The van der Waals surface area contributed by atoms with Gasteiger partial charge in [-0.3, -0.25) is 9.36 Å². The second-order valence-electron chi connectivity index (χ2n) is 6.25. The molecule has 10 nitrogen and oxygen atoms in total. The SMILES string of the molecule is Cn1cnc2ncn(Cc3nn(CCc4ccc(C#N)cc4)c(=O)o3)c(=O)c21. The van der Waals surface area contributed by atoms with Crippen molar-refractivity contribution in [2.24, 2.45) is 7.05 Å². The molecule has 0 amide bonds. The smallest absolute Gasteiger partial charge is 0.390 e. The highest BCUT2D eigenvalue weighted by atomic mass is 16.4. The summed E-state index contributed by atoms with van der Waals surface area (Å²) in [6, 6.07) is 9.17. The minimum absolute atomic E-state index is 0.00788. The average Bonchev–Trinajstić information content (AvgIpc) is 3.25. The van der Waals surface area contributed by atoms with E-state index in [9.17, 15) is 9.59 Å². The van der Waals surface area contributed by atoms with Crippen molar-refractivity contribution in [1.29, 1.82) is 5.26 Å². The summed E-state index contributed by atoms with van der Waals surface area (Å²) in [4.78, 5) is 32.8. The van der Waals surface area contributed by atoms with Gasteiger partial charge in [-0.25, -0.2) is 14.8 Å². The molecule has 0 radical (unpaired) electrons. The third kappa shape index (κ3) is 3.21. The quantitative estimate of drug-likeness (QED) is 0.494. The lowest BCUT2D eigenvalue weighted by Gasteiger charge is -2.02. The van der Waals surface area contributed by atoms with E-state index in [1.165, 1.54) is 21.9 Å². The molecule has 0 saturated carbocycles. The molecule has 0 unspecified atom stereocenters. The highest BCUT2D eigenvalue weighted by Gasteiger charge is 2.13. The summed E-state index contributed by atoms with van der Waals surface area (Å²) in [7, 11) is 1.71. The van der Waals surface area contributed by atoms with E-state index in [1.54, 1.807) is 23.7 Å². The Morgan fingerprint density at radius 2 is 1.89 bits per heavy atom. The van der Waals surface area contributed by atoms with Gasteiger partial charge in [0, 0.05) is 7.05 Å². The summed E-state index contributed by atoms with van der Waals surface area (Å²) >= 11 is 0. The van der Waals surface area contributed by atoms with Crippen LogP contribution >= 0.6 is 0 Å². The van der Waals surface area contributed by atoms with Crippen LogP contribution in [0.25, 0.3) is 11.2 Å². The van der Waals surface area contributed by atoms with E-state index < -0.39 is 5.76 Å². The monoisotopic (exact) mass is 377 g/mol. The summed E-state index contributed by atoms with van der Waals surface area (Å²) in [5.41, 5.74) is 1.98. The van der Waals surface area contributed by atoms with Crippen LogP contribution in [-0.2, 0) is 26.6 Å². The van der Waals surface area contributed by atoms with Crippen molar-refractivity contribution >= 4 is 11.2 Å². The Morgan fingerprint density at radius 3 is 2.64 bits per heavy atom. The van der Waals surface area contributed by atoms with Gasteiger partial charge in [0.15, 0.2) is 11.2 Å². The van der Waals surface area contributed by atoms with Crippen LogP contribution in [0.4, 0.5) is 0 Å². The van der Waals surface area contributed by atoms with Gasteiger partial charge in [0.1, 0.15) is 12.9 Å². The van der Waals surface area contributed by atoms with Crippen molar-refractivity contribution in [3.8, 4) is 6.07 Å². The molecule has 1 aromatic carbocycles. The van der Waals surface area contributed by atoms with E-state index in [2.05, 4.69) is 21.1 Å². The van der Waals surface area contributed by atoms with Gasteiger partial charge in [0.2, 0.25) is 5.89 Å². The number of fused-ring (bicyclic) bond motifs is 1. The second kappa shape index (κ2) is 6.96. The summed E-state index contributed by atoms with van der Waals surface area (Å²) in [5, 5.41) is 13.0. The van der Waals surface area contributed by atoms with Gasteiger partial charge in [-0.2, -0.15) is 9.94 Å². The van der Waals surface area contributed by atoms with Crippen LogP contribution in [0, 0.1) is 11.3 Å². The van der Waals surface area contributed by atoms with Gasteiger partial charge in [-0.1, -0.05) is 12.1 Å². The van der Waals surface area contributed by atoms with Gasteiger partial charge in [0.05, 0.1) is 24.5 Å². The average molecular weight is 377 g/mol. The molecule has 4 aromatic rings. The highest BCUT2D eigenvalue weighted by molar-refractivity contribution is 5.68. The molecule has 0 bridgehead atoms. The van der Waals surface area contributed by atoms with Crippen LogP contribution in [0.3, 0.4) is 0 Å². The van der Waals surface area contributed by atoms with E-state index in [4.69, 9.17) is 9.68 Å². The molecule has 0 N–H and O–H groups in total. The number of aryl methyl sites for hydroxylation is 3. The first kappa shape index (κ1) is 17.4. The summed E-state index contributed by atoms with van der Waals surface area (Å²) in [6.45, 7) is 0.314. The van der Waals surface area contributed by atoms with Crippen molar-refractivity contribution in [2.75, 3.05) is 0 Å². The Morgan fingerprint density at radius 1 is 1.14 bits per heavy atom. The van der Waals surface area contributed by atoms with E-state index in [-0.39, 0.29) is 18.0 Å². The minimum atomic E-state index is -0.591. The lowest BCUT2D eigenvalue weighted by molar-refractivity contribution is 0.434. The molecular formula is C18H15N7O3. The molecule has 0 fully saturated rings. The topological polar surface area (TPSA) is 125 Å². The number of nitrogens with zero attached hydrogens (tertiary/aromatic N) is 7. The van der Waals surface area contributed by atoms with Gasteiger partial charge in [-0.15, -0.1) is 5.10 Å². The number of aromatic nitrogens is 6. The molecule has 10 heteroatoms. The van der Waals surface area contributed by atoms with Gasteiger partial charge in [0.25, 0.3) is 5.56 Å². The minimum Gasteiger partial charge on any atom is -0.390 e. The first-order valence-corrected chi connectivity index (χ1v) is 8.47. The standard InChI is InChI=1S/C18H15N7O3/c1-23-10-20-16-15(23)17(26)24(11-21-16)9-14-22-25(18(27)28-14)7-6-12-2-4-13(8-19)5-3-12/h2-5,10-11H,6-7,9H2,1H3. The number of hydrogen-bond donors (Lipinski definition) is 0. The molecule has 0 aliphatic rings. The molecule has 140 valence electrons. The van der Waals surface area contributed by atoms with Crippen LogP contribution in [0.2, 0.25) is 0 Å². The lowest BCUT2D eigenvalue weighted by atomic mass is 10.1. The predicted molar refractivity (Wildman–Crippen MR) is 97.5 cm³/mol. The molecule has 28 heavy (non-hydrogen) atoms. The van der Waals surface area contributed by atoms with Crippen LogP contribution in [0.15, 0.2) is 50.9 Å². The normalized spacial score (nSPS) is 11.0. The number of benzene rings is 1. The molecule has 0 aliphatic heterocycles. The van der Waals surface area contributed by atoms with Crippen LogP contribution in [0.5, 0.6) is 0 Å². The molecule has 0 atom stereocenters. The van der Waals surface area contributed by atoms with Crippen LogP contribution < -0.4 is 11.3 Å². The summed E-state index contributed by atoms with van der Waals surface area (Å²) in [6.07, 6.45) is 3.43. The largest absolute Gasteiger partial charge is 0.437 e. The van der Waals surface area contributed by atoms with E-state index >= 15 is 0 Å². The van der Waals surface area contributed by atoms with Crippen LogP contribution in [0.1, 0.15) is 17.0 Å². The fourth-order valence-electron chi connectivity index (χ4n) is 2.87. The Balaban J connectivity index is 1.52. The highest BCUT2D eigenvalue weighted by Crippen LogP contribution is 2.06. The Kier molecular flexibility index (Phi) is 4.33. The number of hydrogen-bond acceptors (Lipinski definition) is 7. The zero-order valence-corrected chi connectivity index (χ0v) is 14.9. The van der Waals surface area contributed by atoms with Crippen molar-refractivity contribution in [3.05, 3.63) is 74.8 Å². The Bertz CT molecular complexity index is 1300. The third-order valence-corrected chi connectivity index (χ3v) is 4.35. The first-order valence-electron chi connectivity index (χ1n) is 8.47. The lowest BCUT2D eigenvalue weighted by Crippen LogP contribution is -2.22. The van der Waals surface area contributed by atoms with Crippen LogP contribution in [-0.4, -0.2) is 28.9 Å². The molecule has 4 rings (SSSR count). The van der Waals surface area contributed by atoms with Gasteiger partial charge < -0.3 is 8.98 Å². The van der Waals surface area contributed by atoms with Crippen molar-refractivity contribution in [3.63, 3.8) is 0 Å². The molecule has 3 heterocycles. The maximum Gasteiger partial charge on any atom is 0.437 e. The summed E-state index contributed by atoms with van der Waals surface area (Å²) < 4.78 is 9.29. The van der Waals surface area contributed by atoms with Gasteiger partial charge in [-0.05, 0) is 24.1 Å². The Labute approximate surface area is 157 Å². The zero-order chi connectivity index (χ0) is 19.7. The molecule has 0 spiro atoms. The predicted octanol–water partition coefficient (Wildman–Crippen LogP) is 0.442. The van der Waals surface area contributed by atoms with E-state index in [0.717, 1.165) is 5.56 Å². The fraction of sp³-hybridized carbons (Fsp3) is 0.222. The van der Waals surface area contributed by atoms with E-state index in [0.29, 0.717) is 29.7 Å². The molecule has 3 aromatic heterocycles. The van der Waals surface area contributed by atoms with Crippen molar-refractivity contribution in [2.45, 2.75) is 19.5 Å². The van der Waals surface area contributed by atoms with Crippen molar-refractivity contribution in [1.82, 2.24) is 28.9 Å². The fourth-order valence-corrected chi connectivity index (χ4v) is 2.87. The zero-order valence-electron chi connectivity index (χ0n) is 14.9. The Hall–Kier alpha value is -4.00.